The van der Waals surface area contributed by atoms with Crippen LogP contribution < -0.4 is 0 Å². The summed E-state index contributed by atoms with van der Waals surface area (Å²) in [5.41, 5.74) is 5.70. The zero-order valence-corrected chi connectivity index (χ0v) is 16.8. The molecule has 7 aromatic rings. The second kappa shape index (κ2) is 5.08. The Hall–Kier alpha value is -2.99. The van der Waals surface area contributed by atoms with E-state index in [4.69, 9.17) is 9.97 Å². The van der Waals surface area contributed by atoms with Crippen molar-refractivity contribution in [2.24, 2.45) is 0 Å². The summed E-state index contributed by atoms with van der Waals surface area (Å²) >= 11 is 2.39. The van der Waals surface area contributed by atoms with Crippen LogP contribution in [-0.2, 0) is 0 Å². The number of hydrogen-bond donors (Lipinski definition) is 0. The van der Waals surface area contributed by atoms with Gasteiger partial charge in [-0.25, -0.2) is 0 Å². The zero-order chi connectivity index (χ0) is 18.4. The summed E-state index contributed by atoms with van der Waals surface area (Å²) in [5.74, 6) is 0. The number of pyridine rings is 2. The molecule has 4 heterocycles. The lowest BCUT2D eigenvalue weighted by Crippen LogP contribution is -1.89. The van der Waals surface area contributed by atoms with Gasteiger partial charge >= 0.3 is 0 Å². The minimum atomic E-state index is 0.963. The minimum Gasteiger partial charge on any atom is -0.307 e. The summed E-state index contributed by atoms with van der Waals surface area (Å²) in [5, 5.41) is 7.47. The number of fused-ring (bicyclic) bond motifs is 11. The van der Waals surface area contributed by atoms with E-state index in [-0.39, 0.29) is 0 Å². The fraction of sp³-hybridized carbons (Fsp3) is 0. The molecular weight excluding hydrogens is 457 g/mol. The fourth-order valence-corrected chi connectivity index (χ4v) is 5.31. The molecule has 0 fully saturated rings. The molecule has 0 N–H and O–H groups in total. The number of rotatable bonds is 0. The first-order valence-electron chi connectivity index (χ1n) is 9.22. The van der Waals surface area contributed by atoms with Crippen LogP contribution >= 0.6 is 22.6 Å². The van der Waals surface area contributed by atoms with Gasteiger partial charge in [0.1, 0.15) is 0 Å². The number of hydrogen-bond acceptors (Lipinski definition) is 2. The van der Waals surface area contributed by atoms with Crippen molar-refractivity contribution in [3.05, 3.63) is 76.6 Å². The quantitative estimate of drug-likeness (QED) is 0.187. The summed E-state index contributed by atoms with van der Waals surface area (Å²) in [7, 11) is 0. The standard InChI is InChI=1S/C24H12IN3/c25-13-8-9-19-18(12-13)14-4-1-5-16-20-15-6-2-10-26-21(15)22-17(7-3-11-27-22)24(20)28(19)23(14)16/h1-12H. The van der Waals surface area contributed by atoms with E-state index in [1.807, 2.05) is 24.5 Å². The molecule has 0 atom stereocenters. The third kappa shape index (κ3) is 1.66. The van der Waals surface area contributed by atoms with Crippen LogP contribution in [0.2, 0.25) is 0 Å². The van der Waals surface area contributed by atoms with E-state index in [1.165, 1.54) is 47.1 Å². The van der Waals surface area contributed by atoms with Gasteiger partial charge in [0.2, 0.25) is 0 Å². The van der Waals surface area contributed by atoms with E-state index in [0.29, 0.717) is 0 Å². The van der Waals surface area contributed by atoms with Crippen LogP contribution in [-0.4, -0.2) is 14.4 Å². The molecule has 0 bridgehead atoms. The zero-order valence-electron chi connectivity index (χ0n) is 14.6. The lowest BCUT2D eigenvalue weighted by atomic mass is 10.0. The number of para-hydroxylation sites is 1. The number of halogens is 1. The predicted molar refractivity (Wildman–Crippen MR) is 124 cm³/mol. The summed E-state index contributed by atoms with van der Waals surface area (Å²) in [6.45, 7) is 0. The van der Waals surface area contributed by atoms with Crippen molar-refractivity contribution in [1.29, 1.82) is 0 Å². The Morgan fingerprint density at radius 3 is 2.21 bits per heavy atom. The van der Waals surface area contributed by atoms with Crippen molar-refractivity contribution in [1.82, 2.24) is 14.4 Å². The van der Waals surface area contributed by atoms with Crippen LogP contribution in [0, 0.1) is 3.57 Å². The summed E-state index contributed by atoms with van der Waals surface area (Å²) in [4.78, 5) is 9.41. The van der Waals surface area contributed by atoms with Gasteiger partial charge in [-0.2, -0.15) is 0 Å². The van der Waals surface area contributed by atoms with Crippen molar-refractivity contribution in [2.45, 2.75) is 0 Å². The van der Waals surface area contributed by atoms with E-state index < -0.39 is 0 Å². The second-order valence-electron chi connectivity index (χ2n) is 7.22. The van der Waals surface area contributed by atoms with E-state index in [2.05, 4.69) is 75.5 Å². The van der Waals surface area contributed by atoms with E-state index in [1.54, 1.807) is 0 Å². The fourth-order valence-electron chi connectivity index (χ4n) is 4.82. The number of benzene rings is 3. The smallest absolute Gasteiger partial charge is 0.0986 e. The molecule has 3 aromatic carbocycles. The Balaban J connectivity index is 1.97. The van der Waals surface area contributed by atoms with Crippen LogP contribution in [0.25, 0.3) is 59.9 Å². The van der Waals surface area contributed by atoms with Crippen molar-refractivity contribution >= 4 is 82.5 Å². The molecule has 0 aliphatic carbocycles. The number of aromatic nitrogens is 3. The molecular formula is C24H12IN3. The predicted octanol–water partition coefficient (Wildman–Crippen LogP) is 6.54. The van der Waals surface area contributed by atoms with Crippen molar-refractivity contribution in [2.75, 3.05) is 0 Å². The maximum absolute atomic E-state index is 4.72. The molecule has 0 spiro atoms. The first kappa shape index (κ1) is 15.0. The Morgan fingerprint density at radius 1 is 0.643 bits per heavy atom. The normalized spacial score (nSPS) is 12.5. The third-order valence-corrected chi connectivity index (χ3v) is 6.51. The summed E-state index contributed by atoms with van der Waals surface area (Å²) in [6.07, 6.45) is 3.71. The summed E-state index contributed by atoms with van der Waals surface area (Å²) < 4.78 is 3.69. The largest absolute Gasteiger partial charge is 0.307 e. The van der Waals surface area contributed by atoms with Gasteiger partial charge in [0.05, 0.1) is 27.6 Å². The molecule has 130 valence electrons. The minimum absolute atomic E-state index is 0.963. The van der Waals surface area contributed by atoms with Crippen LogP contribution in [0.4, 0.5) is 0 Å². The number of nitrogens with zero attached hydrogens (tertiary/aromatic N) is 3. The maximum Gasteiger partial charge on any atom is 0.0986 e. The second-order valence-corrected chi connectivity index (χ2v) is 8.47. The topological polar surface area (TPSA) is 30.2 Å². The monoisotopic (exact) mass is 469 g/mol. The molecule has 0 amide bonds. The maximum atomic E-state index is 4.72. The molecule has 4 heteroatoms. The summed E-state index contributed by atoms with van der Waals surface area (Å²) in [6, 6.07) is 21.7. The molecule has 3 nitrogen and oxygen atoms in total. The molecule has 0 radical (unpaired) electrons. The van der Waals surface area contributed by atoms with Gasteiger partial charge in [-0.05, 0) is 59.0 Å². The lowest BCUT2D eigenvalue weighted by Gasteiger charge is -2.07. The average Bonchev–Trinajstić information content (AvgIpc) is 3.26. The van der Waals surface area contributed by atoms with E-state index in [9.17, 15) is 0 Å². The molecule has 0 aliphatic rings. The average molecular weight is 469 g/mol. The van der Waals surface area contributed by atoms with E-state index in [0.717, 1.165) is 16.4 Å². The first-order valence-corrected chi connectivity index (χ1v) is 10.3. The highest BCUT2D eigenvalue weighted by Gasteiger charge is 2.21. The van der Waals surface area contributed by atoms with Crippen molar-refractivity contribution in [3.63, 3.8) is 0 Å². The molecule has 0 saturated carbocycles. The Morgan fingerprint density at radius 2 is 1.36 bits per heavy atom. The molecule has 28 heavy (non-hydrogen) atoms. The van der Waals surface area contributed by atoms with Crippen LogP contribution in [0.15, 0.2) is 73.1 Å². The Bertz CT molecular complexity index is 1730. The lowest BCUT2D eigenvalue weighted by molar-refractivity contribution is 1.36. The van der Waals surface area contributed by atoms with Crippen molar-refractivity contribution < 1.29 is 0 Å². The molecule has 0 aliphatic heterocycles. The van der Waals surface area contributed by atoms with Crippen LogP contribution in [0.5, 0.6) is 0 Å². The van der Waals surface area contributed by atoms with Gasteiger partial charge in [0.25, 0.3) is 0 Å². The highest BCUT2D eigenvalue weighted by atomic mass is 127. The van der Waals surface area contributed by atoms with E-state index >= 15 is 0 Å². The van der Waals surface area contributed by atoms with Gasteiger partial charge in [-0.15, -0.1) is 0 Å². The molecule has 7 rings (SSSR count). The van der Waals surface area contributed by atoms with Gasteiger partial charge in [-0.1, -0.05) is 24.3 Å². The molecule has 4 aromatic heterocycles. The van der Waals surface area contributed by atoms with Gasteiger partial charge in [0.15, 0.2) is 0 Å². The highest BCUT2D eigenvalue weighted by molar-refractivity contribution is 14.1. The molecule has 0 saturated heterocycles. The Kier molecular flexibility index (Phi) is 2.72. The van der Waals surface area contributed by atoms with Gasteiger partial charge in [-0.3, -0.25) is 9.97 Å². The first-order chi connectivity index (χ1) is 13.8. The Labute approximate surface area is 173 Å². The van der Waals surface area contributed by atoms with Gasteiger partial charge in [0, 0.05) is 48.3 Å². The highest BCUT2D eigenvalue weighted by Crippen LogP contribution is 2.44. The van der Waals surface area contributed by atoms with Crippen LogP contribution in [0.3, 0.4) is 0 Å². The third-order valence-electron chi connectivity index (χ3n) is 5.84. The SMILES string of the molecule is Ic1ccc2c(c1)c1cccc3c4c5cccnc5c5ncccc5c4n2c13. The van der Waals surface area contributed by atoms with Gasteiger partial charge < -0.3 is 4.40 Å². The molecule has 0 unspecified atom stereocenters. The van der Waals surface area contributed by atoms with Crippen LogP contribution in [0.1, 0.15) is 0 Å². The van der Waals surface area contributed by atoms with Crippen molar-refractivity contribution in [3.8, 4) is 0 Å².